The van der Waals surface area contributed by atoms with E-state index in [2.05, 4.69) is 19.9 Å². The van der Waals surface area contributed by atoms with Crippen LogP contribution in [0.4, 0.5) is 5.82 Å². The van der Waals surface area contributed by atoms with Crippen molar-refractivity contribution in [1.82, 2.24) is 19.9 Å². The average Bonchev–Trinajstić information content (AvgIpc) is 2.52. The van der Waals surface area contributed by atoms with Gasteiger partial charge in [-0.15, -0.1) is 17.0 Å². The van der Waals surface area contributed by atoms with E-state index in [1.165, 1.54) is 0 Å². The number of nitrogen functional groups attached to an aromatic ring is 1. The van der Waals surface area contributed by atoms with Crippen LogP contribution in [-0.2, 0) is 6.42 Å². The quantitative estimate of drug-likeness (QED) is 0.786. The van der Waals surface area contributed by atoms with Gasteiger partial charge in [0.25, 0.3) is 0 Å². The summed E-state index contributed by atoms with van der Waals surface area (Å²) in [7, 11) is 0. The van der Waals surface area contributed by atoms with E-state index in [-0.39, 0.29) is 17.0 Å². The maximum Gasteiger partial charge on any atom is 0.183 e. The number of halogens is 1. The molecule has 0 saturated carbocycles. The summed E-state index contributed by atoms with van der Waals surface area (Å²) in [5.41, 5.74) is 7.01. The van der Waals surface area contributed by atoms with E-state index in [4.69, 9.17) is 5.73 Å². The number of nitrogens with zero attached hydrogens (tertiary/aromatic N) is 3. The number of nitrogens with one attached hydrogen (secondary N) is 1. The molecule has 0 spiro atoms. The van der Waals surface area contributed by atoms with Crippen LogP contribution in [0.25, 0.3) is 11.2 Å². The SMILES string of the molecule is Br.CCc1nc(N)c2[nH]cnc2n1. The molecular weight excluding hydrogens is 234 g/mol. The molecule has 2 aromatic rings. The van der Waals surface area contributed by atoms with Crippen molar-refractivity contribution in [2.75, 3.05) is 5.73 Å². The Labute approximate surface area is 85.6 Å². The van der Waals surface area contributed by atoms with Crippen LogP contribution < -0.4 is 5.73 Å². The lowest BCUT2D eigenvalue weighted by atomic mass is 10.4. The molecule has 0 atom stereocenters. The zero-order chi connectivity index (χ0) is 8.55. The van der Waals surface area contributed by atoms with Crippen molar-refractivity contribution in [3.63, 3.8) is 0 Å². The van der Waals surface area contributed by atoms with Gasteiger partial charge in [-0.1, -0.05) is 6.92 Å². The Bertz CT molecular complexity index is 410. The molecule has 0 radical (unpaired) electrons. The predicted molar refractivity (Wildman–Crippen MR) is 55.8 cm³/mol. The molecule has 70 valence electrons. The van der Waals surface area contributed by atoms with E-state index in [1.807, 2.05) is 6.92 Å². The Morgan fingerprint density at radius 3 is 2.92 bits per heavy atom. The molecule has 2 heterocycles. The standard InChI is InChI=1S/C7H9N5.BrH/c1-2-4-11-6(8)5-7(12-4)10-3-9-5;/h3H,2H2,1H3,(H3,8,9,10,11,12);1H. The summed E-state index contributed by atoms with van der Waals surface area (Å²) in [5.74, 6) is 1.20. The first-order valence-electron chi connectivity index (χ1n) is 3.76. The Kier molecular flexibility index (Phi) is 2.82. The number of aryl methyl sites for hydroxylation is 1. The number of aromatic amines is 1. The Balaban J connectivity index is 0.000000845. The fraction of sp³-hybridized carbons (Fsp3) is 0.286. The van der Waals surface area contributed by atoms with E-state index in [0.29, 0.717) is 17.0 Å². The van der Waals surface area contributed by atoms with Crippen LogP contribution >= 0.6 is 17.0 Å². The van der Waals surface area contributed by atoms with Crippen LogP contribution in [-0.4, -0.2) is 19.9 Å². The van der Waals surface area contributed by atoms with Crippen molar-refractivity contribution >= 4 is 34.0 Å². The van der Waals surface area contributed by atoms with Crippen LogP contribution in [0.15, 0.2) is 6.33 Å². The van der Waals surface area contributed by atoms with Crippen molar-refractivity contribution in [3.8, 4) is 0 Å². The van der Waals surface area contributed by atoms with Gasteiger partial charge < -0.3 is 10.7 Å². The van der Waals surface area contributed by atoms with Gasteiger partial charge in [-0.3, -0.25) is 0 Å². The summed E-state index contributed by atoms with van der Waals surface area (Å²) in [4.78, 5) is 15.1. The number of H-pyrrole nitrogens is 1. The highest BCUT2D eigenvalue weighted by Gasteiger charge is 2.04. The zero-order valence-corrected chi connectivity index (χ0v) is 8.82. The third-order valence-corrected chi connectivity index (χ3v) is 1.68. The molecule has 0 fully saturated rings. The monoisotopic (exact) mass is 243 g/mol. The smallest absolute Gasteiger partial charge is 0.183 e. The summed E-state index contributed by atoms with van der Waals surface area (Å²) < 4.78 is 0. The topological polar surface area (TPSA) is 80.5 Å². The largest absolute Gasteiger partial charge is 0.382 e. The number of fused-ring (bicyclic) bond motifs is 1. The molecule has 0 aliphatic rings. The average molecular weight is 244 g/mol. The number of hydrogen-bond donors (Lipinski definition) is 2. The lowest BCUT2D eigenvalue weighted by molar-refractivity contribution is 0.960. The Hall–Kier alpha value is -1.17. The van der Waals surface area contributed by atoms with Crippen molar-refractivity contribution < 1.29 is 0 Å². The molecule has 0 amide bonds. The third kappa shape index (κ3) is 1.62. The molecular formula is C7H10BrN5. The maximum atomic E-state index is 5.65. The highest BCUT2D eigenvalue weighted by Crippen LogP contribution is 2.12. The fourth-order valence-electron chi connectivity index (χ4n) is 1.06. The van der Waals surface area contributed by atoms with E-state index < -0.39 is 0 Å². The molecule has 0 bridgehead atoms. The number of rotatable bonds is 1. The number of anilines is 1. The third-order valence-electron chi connectivity index (χ3n) is 1.68. The van der Waals surface area contributed by atoms with Crippen LogP contribution in [0, 0.1) is 0 Å². The van der Waals surface area contributed by atoms with Crippen LogP contribution in [0.2, 0.25) is 0 Å². The van der Waals surface area contributed by atoms with Crippen LogP contribution in [0.1, 0.15) is 12.7 Å². The summed E-state index contributed by atoms with van der Waals surface area (Å²) in [6.07, 6.45) is 2.34. The summed E-state index contributed by atoms with van der Waals surface area (Å²) in [5, 5.41) is 0. The summed E-state index contributed by atoms with van der Waals surface area (Å²) >= 11 is 0. The van der Waals surface area contributed by atoms with Gasteiger partial charge in [0.05, 0.1) is 6.33 Å². The molecule has 13 heavy (non-hydrogen) atoms. The minimum atomic E-state index is 0. The first kappa shape index (κ1) is 9.91. The summed E-state index contributed by atoms with van der Waals surface area (Å²) in [6, 6.07) is 0. The number of imidazole rings is 1. The first-order valence-corrected chi connectivity index (χ1v) is 3.76. The van der Waals surface area contributed by atoms with E-state index in [1.54, 1.807) is 6.33 Å². The highest BCUT2D eigenvalue weighted by atomic mass is 79.9. The van der Waals surface area contributed by atoms with Crippen LogP contribution in [0.3, 0.4) is 0 Å². The Morgan fingerprint density at radius 2 is 2.23 bits per heavy atom. The number of hydrogen-bond acceptors (Lipinski definition) is 4. The second-order valence-corrected chi connectivity index (χ2v) is 2.48. The lowest BCUT2D eigenvalue weighted by Crippen LogP contribution is -1.99. The molecule has 0 unspecified atom stereocenters. The fourth-order valence-corrected chi connectivity index (χ4v) is 1.06. The second-order valence-electron chi connectivity index (χ2n) is 2.48. The molecule has 6 heteroatoms. The predicted octanol–water partition coefficient (Wildman–Crippen LogP) is 1.08. The minimum absolute atomic E-state index is 0. The van der Waals surface area contributed by atoms with Crippen molar-refractivity contribution in [2.45, 2.75) is 13.3 Å². The van der Waals surface area contributed by atoms with E-state index >= 15 is 0 Å². The van der Waals surface area contributed by atoms with Gasteiger partial charge in [0.15, 0.2) is 11.5 Å². The van der Waals surface area contributed by atoms with Crippen molar-refractivity contribution in [1.29, 1.82) is 0 Å². The number of nitrogens with two attached hydrogens (primary N) is 1. The normalized spacial score (nSPS) is 9.92. The van der Waals surface area contributed by atoms with Gasteiger partial charge in [0.1, 0.15) is 11.3 Å². The molecule has 0 aromatic carbocycles. The van der Waals surface area contributed by atoms with Gasteiger partial charge in [-0.25, -0.2) is 15.0 Å². The van der Waals surface area contributed by atoms with E-state index in [9.17, 15) is 0 Å². The van der Waals surface area contributed by atoms with Gasteiger partial charge in [-0.05, 0) is 0 Å². The molecule has 2 rings (SSSR count). The molecule has 0 aliphatic carbocycles. The highest BCUT2D eigenvalue weighted by molar-refractivity contribution is 8.93. The molecule has 5 nitrogen and oxygen atoms in total. The molecule has 0 saturated heterocycles. The van der Waals surface area contributed by atoms with E-state index in [0.717, 1.165) is 12.2 Å². The van der Waals surface area contributed by atoms with Gasteiger partial charge in [0, 0.05) is 6.42 Å². The van der Waals surface area contributed by atoms with Crippen LogP contribution in [0.5, 0.6) is 0 Å². The van der Waals surface area contributed by atoms with Crippen molar-refractivity contribution in [3.05, 3.63) is 12.2 Å². The minimum Gasteiger partial charge on any atom is -0.382 e. The zero-order valence-electron chi connectivity index (χ0n) is 7.11. The van der Waals surface area contributed by atoms with Gasteiger partial charge in [0.2, 0.25) is 0 Å². The van der Waals surface area contributed by atoms with Gasteiger partial charge >= 0.3 is 0 Å². The molecule has 2 aromatic heterocycles. The first-order chi connectivity index (χ1) is 5.81. The Morgan fingerprint density at radius 1 is 1.46 bits per heavy atom. The molecule has 3 N–H and O–H groups in total. The van der Waals surface area contributed by atoms with Crippen molar-refractivity contribution in [2.24, 2.45) is 0 Å². The number of aromatic nitrogens is 4. The molecule has 0 aliphatic heterocycles. The lowest BCUT2D eigenvalue weighted by Gasteiger charge is -1.97. The second kappa shape index (κ2) is 3.69. The maximum absolute atomic E-state index is 5.65. The van der Waals surface area contributed by atoms with Gasteiger partial charge in [-0.2, -0.15) is 0 Å². The summed E-state index contributed by atoms with van der Waals surface area (Å²) in [6.45, 7) is 1.98.